The van der Waals surface area contributed by atoms with Gasteiger partial charge in [-0.15, -0.1) is 0 Å². The number of hydrogen-bond acceptors (Lipinski definition) is 4. The molecule has 0 fully saturated rings. The molecule has 3 N–H and O–H groups in total. The van der Waals surface area contributed by atoms with Crippen molar-refractivity contribution in [2.24, 2.45) is 0 Å². The Morgan fingerprint density at radius 1 is 1.20 bits per heavy atom. The second-order valence-electron chi connectivity index (χ2n) is 5.70. The summed E-state index contributed by atoms with van der Waals surface area (Å²) in [4.78, 5) is 23.0. The maximum Gasteiger partial charge on any atom is 0.306 e. The zero-order valence-electron chi connectivity index (χ0n) is 12.2. The van der Waals surface area contributed by atoms with E-state index in [1.807, 2.05) is 32.9 Å². The number of hydrogen-bond donors (Lipinski definition) is 2. The fourth-order valence-electron chi connectivity index (χ4n) is 1.60. The Bertz CT molecular complexity index is 461. The normalized spacial score (nSPS) is 10.9. The molecule has 1 rings (SSSR count). The van der Waals surface area contributed by atoms with Crippen LogP contribution in [0, 0.1) is 0 Å². The van der Waals surface area contributed by atoms with Crippen molar-refractivity contribution in [1.29, 1.82) is 0 Å². The van der Waals surface area contributed by atoms with Gasteiger partial charge in [0.25, 0.3) is 5.91 Å². The Labute approximate surface area is 119 Å². The molecule has 1 amide bonds. The van der Waals surface area contributed by atoms with Gasteiger partial charge in [-0.1, -0.05) is 12.1 Å². The number of nitrogens with two attached hydrogens (primary N) is 1. The first-order chi connectivity index (χ1) is 9.26. The molecular formula is C15H22N2O3. The molecule has 0 unspecified atom stereocenters. The van der Waals surface area contributed by atoms with Gasteiger partial charge in [-0.3, -0.25) is 9.59 Å². The molecule has 110 valence electrons. The Morgan fingerprint density at radius 3 is 2.35 bits per heavy atom. The lowest BCUT2D eigenvalue weighted by molar-refractivity contribution is -0.148. The van der Waals surface area contributed by atoms with E-state index in [4.69, 9.17) is 10.5 Å². The molecular weight excluding hydrogens is 256 g/mol. The lowest BCUT2D eigenvalue weighted by atomic mass is 10.1. The molecule has 1 aromatic carbocycles. The van der Waals surface area contributed by atoms with Gasteiger partial charge in [-0.05, 0) is 44.9 Å². The van der Waals surface area contributed by atoms with Crippen LogP contribution in [0.2, 0.25) is 0 Å². The van der Waals surface area contributed by atoms with Gasteiger partial charge in [0.2, 0.25) is 0 Å². The summed E-state index contributed by atoms with van der Waals surface area (Å²) in [6, 6.07) is 7.32. The van der Waals surface area contributed by atoms with Crippen LogP contribution in [0.25, 0.3) is 0 Å². The van der Waals surface area contributed by atoms with E-state index in [0.717, 1.165) is 5.56 Å². The Hall–Kier alpha value is -2.04. The number of amides is 1. The van der Waals surface area contributed by atoms with Gasteiger partial charge < -0.3 is 15.8 Å². The standard InChI is InChI=1S/C15H22N2O3/c1-15(2,3)17-13(18)10-20-14(19)9-6-11-4-7-12(16)8-5-11/h4-5,7-8H,6,9-10,16H2,1-3H3,(H,17,18). The maximum atomic E-state index is 11.5. The van der Waals surface area contributed by atoms with Gasteiger partial charge >= 0.3 is 5.97 Å². The molecule has 0 heterocycles. The highest BCUT2D eigenvalue weighted by Crippen LogP contribution is 2.08. The third-order valence-electron chi connectivity index (χ3n) is 2.48. The van der Waals surface area contributed by atoms with Crippen LogP contribution in [-0.2, 0) is 20.7 Å². The Kier molecular flexibility index (Phi) is 5.55. The van der Waals surface area contributed by atoms with Gasteiger partial charge in [0.1, 0.15) is 0 Å². The summed E-state index contributed by atoms with van der Waals surface area (Å²) in [5.74, 6) is -0.677. The van der Waals surface area contributed by atoms with Crippen LogP contribution in [0.3, 0.4) is 0 Å². The SMILES string of the molecule is CC(C)(C)NC(=O)COC(=O)CCc1ccc(N)cc1. The average molecular weight is 278 g/mol. The molecule has 0 aliphatic carbocycles. The largest absolute Gasteiger partial charge is 0.456 e. The molecule has 0 aliphatic rings. The highest BCUT2D eigenvalue weighted by Gasteiger charge is 2.15. The highest BCUT2D eigenvalue weighted by molar-refractivity contribution is 5.81. The predicted octanol–water partition coefficient (Wildman–Crippen LogP) is 1.66. The molecule has 0 saturated carbocycles. The smallest absolute Gasteiger partial charge is 0.306 e. The molecule has 0 bridgehead atoms. The van der Waals surface area contributed by atoms with Gasteiger partial charge in [-0.2, -0.15) is 0 Å². The first kappa shape index (κ1) is 16.0. The minimum Gasteiger partial charge on any atom is -0.456 e. The van der Waals surface area contributed by atoms with Crippen molar-refractivity contribution in [3.05, 3.63) is 29.8 Å². The van der Waals surface area contributed by atoms with E-state index in [2.05, 4.69) is 5.32 Å². The van der Waals surface area contributed by atoms with Crippen LogP contribution in [0.15, 0.2) is 24.3 Å². The lowest BCUT2D eigenvalue weighted by Crippen LogP contribution is -2.42. The van der Waals surface area contributed by atoms with Crippen LogP contribution in [0.5, 0.6) is 0 Å². The van der Waals surface area contributed by atoms with Crippen LogP contribution < -0.4 is 11.1 Å². The maximum absolute atomic E-state index is 11.5. The van der Waals surface area contributed by atoms with Crippen molar-refractivity contribution in [2.75, 3.05) is 12.3 Å². The van der Waals surface area contributed by atoms with Crippen LogP contribution >= 0.6 is 0 Å². The number of nitrogens with one attached hydrogen (secondary N) is 1. The Morgan fingerprint density at radius 2 is 1.80 bits per heavy atom. The molecule has 20 heavy (non-hydrogen) atoms. The number of aryl methyl sites for hydroxylation is 1. The molecule has 0 saturated heterocycles. The van der Waals surface area contributed by atoms with Gasteiger partial charge in [0.15, 0.2) is 6.61 Å². The van der Waals surface area contributed by atoms with E-state index in [1.54, 1.807) is 12.1 Å². The molecule has 0 radical (unpaired) electrons. The summed E-state index contributed by atoms with van der Waals surface area (Å²) in [6.45, 7) is 5.37. The zero-order chi connectivity index (χ0) is 15.2. The number of ether oxygens (including phenoxy) is 1. The summed E-state index contributed by atoms with van der Waals surface area (Å²) < 4.78 is 4.92. The van der Waals surface area contributed by atoms with E-state index in [9.17, 15) is 9.59 Å². The second kappa shape index (κ2) is 6.93. The fraction of sp³-hybridized carbons (Fsp3) is 0.467. The monoisotopic (exact) mass is 278 g/mol. The minimum absolute atomic E-state index is 0.238. The van der Waals surface area contributed by atoms with Gasteiger partial charge in [0.05, 0.1) is 0 Å². The number of nitrogen functional groups attached to an aromatic ring is 1. The summed E-state index contributed by atoms with van der Waals surface area (Å²) >= 11 is 0. The Balaban J connectivity index is 2.27. The van der Waals surface area contributed by atoms with Crippen LogP contribution in [0.4, 0.5) is 5.69 Å². The number of rotatable bonds is 5. The number of carbonyl (C=O) groups excluding carboxylic acids is 2. The molecule has 0 aliphatic heterocycles. The third kappa shape index (κ3) is 6.78. The lowest BCUT2D eigenvalue weighted by Gasteiger charge is -2.20. The molecule has 5 nitrogen and oxygen atoms in total. The summed E-state index contributed by atoms with van der Waals surface area (Å²) in [5.41, 5.74) is 6.95. The minimum atomic E-state index is -0.383. The zero-order valence-corrected chi connectivity index (χ0v) is 12.2. The summed E-state index contributed by atoms with van der Waals surface area (Å²) in [5, 5.41) is 2.72. The average Bonchev–Trinajstić information content (AvgIpc) is 2.33. The first-order valence-electron chi connectivity index (χ1n) is 6.57. The van der Waals surface area contributed by atoms with Gasteiger partial charge in [0, 0.05) is 17.6 Å². The number of carbonyl (C=O) groups is 2. The summed E-state index contributed by atoms with van der Waals surface area (Å²) in [7, 11) is 0. The van der Waals surface area contributed by atoms with Crippen molar-refractivity contribution in [3.8, 4) is 0 Å². The fourth-order valence-corrected chi connectivity index (χ4v) is 1.60. The van der Waals surface area contributed by atoms with E-state index in [0.29, 0.717) is 12.1 Å². The molecule has 0 spiro atoms. The molecule has 5 heteroatoms. The second-order valence-corrected chi connectivity index (χ2v) is 5.70. The van der Waals surface area contributed by atoms with Crippen molar-refractivity contribution in [1.82, 2.24) is 5.32 Å². The van der Waals surface area contributed by atoms with E-state index < -0.39 is 0 Å². The van der Waals surface area contributed by atoms with Gasteiger partial charge in [-0.25, -0.2) is 0 Å². The third-order valence-corrected chi connectivity index (χ3v) is 2.48. The first-order valence-corrected chi connectivity index (χ1v) is 6.57. The van der Waals surface area contributed by atoms with Crippen molar-refractivity contribution in [2.45, 2.75) is 39.2 Å². The predicted molar refractivity (Wildman–Crippen MR) is 78.0 cm³/mol. The highest BCUT2D eigenvalue weighted by atomic mass is 16.5. The summed E-state index contributed by atoms with van der Waals surface area (Å²) in [6.07, 6.45) is 0.812. The number of benzene rings is 1. The number of esters is 1. The van der Waals surface area contributed by atoms with Crippen LogP contribution in [-0.4, -0.2) is 24.0 Å². The quantitative estimate of drug-likeness (QED) is 0.634. The molecule has 0 atom stereocenters. The number of anilines is 1. The molecule has 0 aromatic heterocycles. The van der Waals surface area contributed by atoms with Crippen LogP contribution in [0.1, 0.15) is 32.8 Å². The van der Waals surface area contributed by atoms with Crippen molar-refractivity contribution in [3.63, 3.8) is 0 Å². The van der Waals surface area contributed by atoms with E-state index >= 15 is 0 Å². The molecule has 1 aromatic rings. The van der Waals surface area contributed by atoms with E-state index in [-0.39, 0.29) is 30.4 Å². The van der Waals surface area contributed by atoms with E-state index in [1.165, 1.54) is 0 Å². The topological polar surface area (TPSA) is 81.4 Å². The van der Waals surface area contributed by atoms with Crippen molar-refractivity contribution >= 4 is 17.6 Å². The van der Waals surface area contributed by atoms with Crippen molar-refractivity contribution < 1.29 is 14.3 Å².